The Balaban J connectivity index is 1.67. The van der Waals surface area contributed by atoms with Gasteiger partial charge in [0.25, 0.3) is 0 Å². The van der Waals surface area contributed by atoms with Crippen molar-refractivity contribution in [3.8, 4) is 11.5 Å². The van der Waals surface area contributed by atoms with Crippen molar-refractivity contribution in [1.29, 1.82) is 0 Å². The lowest BCUT2D eigenvalue weighted by molar-refractivity contribution is 0.0999. The van der Waals surface area contributed by atoms with Crippen LogP contribution < -0.4 is 16.4 Å². The summed E-state index contributed by atoms with van der Waals surface area (Å²) in [6.07, 6.45) is 4.59. The van der Waals surface area contributed by atoms with Crippen LogP contribution in [0.15, 0.2) is 71.6 Å². The van der Waals surface area contributed by atoms with Crippen LogP contribution in [-0.4, -0.2) is 32.6 Å². The fraction of sp³-hybridized carbons (Fsp3) is 0.130. The van der Waals surface area contributed by atoms with Crippen molar-refractivity contribution in [1.82, 2.24) is 15.0 Å². The molecule has 0 aliphatic carbocycles. The molecule has 5 N–H and O–H groups in total. The minimum atomic E-state index is -0.483. The number of hydrogen-bond donors (Lipinski definition) is 4. The van der Waals surface area contributed by atoms with E-state index in [9.17, 15) is 9.90 Å². The van der Waals surface area contributed by atoms with Crippen molar-refractivity contribution in [2.24, 2.45) is 5.73 Å². The summed E-state index contributed by atoms with van der Waals surface area (Å²) >= 11 is 0. The highest BCUT2D eigenvalue weighted by molar-refractivity contribution is 5.94. The lowest BCUT2D eigenvalue weighted by atomic mass is 10.1. The molecular weight excluding hydrogens is 408 g/mol. The summed E-state index contributed by atoms with van der Waals surface area (Å²) < 4.78 is 5.43. The first-order chi connectivity index (χ1) is 15.5. The van der Waals surface area contributed by atoms with E-state index in [1.54, 1.807) is 31.3 Å². The Kier molecular flexibility index (Phi) is 6.09. The Morgan fingerprint density at radius 2 is 2.00 bits per heavy atom. The molecule has 0 radical (unpaired) electrons. The van der Waals surface area contributed by atoms with Gasteiger partial charge in [0.1, 0.15) is 12.1 Å². The molecule has 2 aromatic carbocycles. The van der Waals surface area contributed by atoms with E-state index >= 15 is 0 Å². The number of aliphatic hydroxyl groups excluding tert-OH is 1. The van der Waals surface area contributed by atoms with Gasteiger partial charge < -0.3 is 25.9 Å². The van der Waals surface area contributed by atoms with Crippen LogP contribution in [0.2, 0.25) is 0 Å². The maximum absolute atomic E-state index is 11.5. The number of benzene rings is 2. The number of amides is 1. The summed E-state index contributed by atoms with van der Waals surface area (Å²) in [7, 11) is 0. The van der Waals surface area contributed by atoms with E-state index in [2.05, 4.69) is 25.6 Å². The van der Waals surface area contributed by atoms with Crippen molar-refractivity contribution in [2.75, 3.05) is 17.2 Å². The zero-order valence-electron chi connectivity index (χ0n) is 17.3. The summed E-state index contributed by atoms with van der Waals surface area (Å²) in [5, 5.41) is 16.4. The smallest absolute Gasteiger partial charge is 0.248 e. The first-order valence-corrected chi connectivity index (χ1v) is 9.92. The molecule has 0 unspecified atom stereocenters. The van der Waals surface area contributed by atoms with Gasteiger partial charge in [-0.15, -0.1) is 0 Å². The van der Waals surface area contributed by atoms with E-state index in [0.717, 1.165) is 11.1 Å². The molecule has 0 fully saturated rings. The number of oxazole rings is 1. The second kappa shape index (κ2) is 9.27. The third-order valence-corrected chi connectivity index (χ3v) is 4.89. The summed E-state index contributed by atoms with van der Waals surface area (Å²) in [5.74, 6) is 0.630. The largest absolute Gasteiger partial charge is 0.444 e. The van der Waals surface area contributed by atoms with Crippen molar-refractivity contribution < 1.29 is 14.3 Å². The van der Waals surface area contributed by atoms with Gasteiger partial charge in [-0.2, -0.15) is 4.98 Å². The number of nitrogens with two attached hydrogens (primary N) is 1. The van der Waals surface area contributed by atoms with Crippen LogP contribution in [0.4, 0.5) is 17.5 Å². The predicted octanol–water partition coefficient (Wildman–Crippen LogP) is 3.43. The standard InChI is InChI=1S/C23H22N6O3/c1-14-11-16(7-8-17(14)20(24)31)27-23-26-12-18(22-25-9-10-32-22)21(29-23)28-19(13-30)15-5-3-2-4-6-15/h2-12,19,30H,13H2,1H3,(H2,24,31)(H2,26,27,28,29)/t19-/m1/s1. The topological polar surface area (TPSA) is 139 Å². The zero-order valence-corrected chi connectivity index (χ0v) is 17.3. The number of primary amides is 1. The van der Waals surface area contributed by atoms with Gasteiger partial charge in [0.2, 0.25) is 17.7 Å². The molecule has 0 spiro atoms. The normalized spacial score (nSPS) is 11.7. The maximum Gasteiger partial charge on any atom is 0.248 e. The molecule has 0 saturated heterocycles. The van der Waals surface area contributed by atoms with Gasteiger partial charge in [0.05, 0.1) is 24.4 Å². The average molecular weight is 430 g/mol. The number of carbonyl (C=O) groups excluding carboxylic acids is 1. The first kappa shape index (κ1) is 21.0. The Labute approximate surface area is 184 Å². The van der Waals surface area contributed by atoms with Crippen LogP contribution in [-0.2, 0) is 0 Å². The number of nitrogens with zero attached hydrogens (tertiary/aromatic N) is 3. The van der Waals surface area contributed by atoms with Crippen LogP contribution in [0.1, 0.15) is 27.5 Å². The van der Waals surface area contributed by atoms with E-state index in [1.165, 1.54) is 12.5 Å². The fourth-order valence-electron chi connectivity index (χ4n) is 3.30. The highest BCUT2D eigenvalue weighted by Crippen LogP contribution is 2.29. The number of nitrogens with one attached hydrogen (secondary N) is 2. The highest BCUT2D eigenvalue weighted by atomic mass is 16.3. The molecule has 162 valence electrons. The summed E-state index contributed by atoms with van der Waals surface area (Å²) in [4.78, 5) is 24.6. The van der Waals surface area contributed by atoms with Crippen LogP contribution in [0, 0.1) is 6.92 Å². The van der Waals surface area contributed by atoms with Gasteiger partial charge >= 0.3 is 0 Å². The Morgan fingerprint density at radius 3 is 2.66 bits per heavy atom. The molecule has 4 aromatic rings. The molecule has 2 aromatic heterocycles. The van der Waals surface area contributed by atoms with E-state index in [4.69, 9.17) is 10.2 Å². The fourth-order valence-corrected chi connectivity index (χ4v) is 3.30. The first-order valence-electron chi connectivity index (χ1n) is 9.92. The Morgan fingerprint density at radius 1 is 1.19 bits per heavy atom. The van der Waals surface area contributed by atoms with Crippen LogP contribution >= 0.6 is 0 Å². The molecule has 32 heavy (non-hydrogen) atoms. The number of anilines is 3. The molecule has 1 amide bonds. The number of aryl methyl sites for hydroxylation is 1. The molecule has 9 nitrogen and oxygen atoms in total. The minimum Gasteiger partial charge on any atom is -0.444 e. The molecular formula is C23H22N6O3. The molecule has 2 heterocycles. The zero-order chi connectivity index (χ0) is 22.5. The van der Waals surface area contributed by atoms with Crippen molar-refractivity contribution in [2.45, 2.75) is 13.0 Å². The minimum absolute atomic E-state index is 0.143. The average Bonchev–Trinajstić information content (AvgIpc) is 3.33. The molecule has 0 saturated carbocycles. The monoisotopic (exact) mass is 430 g/mol. The third kappa shape index (κ3) is 4.57. The van der Waals surface area contributed by atoms with Gasteiger partial charge in [0, 0.05) is 17.4 Å². The second-order valence-corrected chi connectivity index (χ2v) is 7.10. The van der Waals surface area contributed by atoms with E-state index in [-0.39, 0.29) is 6.61 Å². The third-order valence-electron chi connectivity index (χ3n) is 4.89. The van der Waals surface area contributed by atoms with Gasteiger partial charge in [-0.25, -0.2) is 9.97 Å². The van der Waals surface area contributed by atoms with Gasteiger partial charge in [-0.3, -0.25) is 4.79 Å². The molecule has 0 bridgehead atoms. The number of hydrogen-bond acceptors (Lipinski definition) is 8. The predicted molar refractivity (Wildman–Crippen MR) is 120 cm³/mol. The molecule has 9 heteroatoms. The molecule has 0 aliphatic heterocycles. The number of carbonyl (C=O) groups is 1. The van der Waals surface area contributed by atoms with Crippen LogP contribution in [0.3, 0.4) is 0 Å². The SMILES string of the molecule is Cc1cc(Nc2ncc(-c3ncco3)c(N[C@H](CO)c3ccccc3)n2)ccc1C(N)=O. The van der Waals surface area contributed by atoms with Crippen molar-refractivity contribution >= 4 is 23.4 Å². The van der Waals surface area contributed by atoms with Gasteiger partial charge in [-0.1, -0.05) is 30.3 Å². The Hall–Kier alpha value is -4.24. The second-order valence-electron chi connectivity index (χ2n) is 7.10. The van der Waals surface area contributed by atoms with Crippen molar-refractivity contribution in [3.63, 3.8) is 0 Å². The van der Waals surface area contributed by atoms with Gasteiger partial charge in [-0.05, 0) is 36.2 Å². The van der Waals surface area contributed by atoms with E-state index < -0.39 is 11.9 Å². The van der Waals surface area contributed by atoms with Gasteiger partial charge in [0.15, 0.2) is 0 Å². The van der Waals surface area contributed by atoms with Crippen molar-refractivity contribution in [3.05, 3.63) is 83.9 Å². The lowest BCUT2D eigenvalue weighted by Crippen LogP contribution is -2.17. The molecule has 0 aliphatic rings. The quantitative estimate of drug-likeness (QED) is 0.333. The van der Waals surface area contributed by atoms with E-state index in [0.29, 0.717) is 34.5 Å². The summed E-state index contributed by atoms with van der Waals surface area (Å²) in [6.45, 7) is 1.66. The van der Waals surface area contributed by atoms with E-state index in [1.807, 2.05) is 30.3 Å². The maximum atomic E-state index is 11.5. The lowest BCUT2D eigenvalue weighted by Gasteiger charge is -2.19. The molecule has 4 rings (SSSR count). The molecule has 1 atom stereocenters. The summed E-state index contributed by atoms with van der Waals surface area (Å²) in [5.41, 5.74) is 8.72. The number of aliphatic hydroxyl groups is 1. The van der Waals surface area contributed by atoms with Crippen LogP contribution in [0.25, 0.3) is 11.5 Å². The van der Waals surface area contributed by atoms with Crippen LogP contribution in [0.5, 0.6) is 0 Å². The highest BCUT2D eigenvalue weighted by Gasteiger charge is 2.18. The number of rotatable bonds is 8. The summed E-state index contributed by atoms with van der Waals surface area (Å²) in [6, 6.07) is 14.3. The number of aromatic nitrogens is 3. The Bertz CT molecular complexity index is 1210.